The first-order valence-corrected chi connectivity index (χ1v) is 7.80. The average molecular weight is 387 g/mol. The molecule has 0 aliphatic carbocycles. The third-order valence-corrected chi connectivity index (χ3v) is 4.72. The van der Waals surface area contributed by atoms with Crippen molar-refractivity contribution in [2.24, 2.45) is 0 Å². The molecule has 108 valence electrons. The van der Waals surface area contributed by atoms with Crippen LogP contribution in [0, 0.1) is 0 Å². The maximum atomic E-state index is 6.05. The predicted molar refractivity (Wildman–Crippen MR) is 86.7 cm³/mol. The van der Waals surface area contributed by atoms with Gasteiger partial charge in [-0.3, -0.25) is 0 Å². The number of hydrogen-bond donors (Lipinski definition) is 1. The highest BCUT2D eigenvalue weighted by Gasteiger charge is 2.17. The number of benzene rings is 1. The van der Waals surface area contributed by atoms with Crippen LogP contribution in [-0.2, 0) is 0 Å². The van der Waals surface area contributed by atoms with Crippen molar-refractivity contribution in [3.05, 3.63) is 33.1 Å². The van der Waals surface area contributed by atoms with Crippen LogP contribution in [0.25, 0.3) is 22.2 Å². The molecule has 5 nitrogen and oxygen atoms in total. The lowest BCUT2D eigenvalue weighted by molar-refractivity contribution is 0.406. The van der Waals surface area contributed by atoms with Gasteiger partial charge in [0.2, 0.25) is 5.82 Å². The molecule has 2 heterocycles. The van der Waals surface area contributed by atoms with Crippen LogP contribution in [0.5, 0.6) is 5.75 Å². The minimum atomic E-state index is 0.327. The van der Waals surface area contributed by atoms with Crippen molar-refractivity contribution in [1.82, 2.24) is 10.1 Å². The molecule has 21 heavy (non-hydrogen) atoms. The topological polar surface area (TPSA) is 74.2 Å². The van der Waals surface area contributed by atoms with E-state index < -0.39 is 0 Å². The van der Waals surface area contributed by atoms with Gasteiger partial charge < -0.3 is 15.0 Å². The zero-order valence-corrected chi connectivity index (χ0v) is 13.9. The summed E-state index contributed by atoms with van der Waals surface area (Å²) in [7, 11) is 1.54. The highest BCUT2D eigenvalue weighted by Crippen LogP contribution is 2.37. The number of rotatable bonds is 3. The van der Waals surface area contributed by atoms with Gasteiger partial charge in [0.05, 0.1) is 32.0 Å². The van der Waals surface area contributed by atoms with Crippen molar-refractivity contribution in [3.63, 3.8) is 0 Å². The van der Waals surface area contributed by atoms with E-state index >= 15 is 0 Å². The summed E-state index contributed by atoms with van der Waals surface area (Å²) < 4.78 is 11.6. The van der Waals surface area contributed by atoms with Crippen LogP contribution >= 0.6 is 38.9 Å². The van der Waals surface area contributed by atoms with Crippen LogP contribution in [0.3, 0.4) is 0 Å². The summed E-state index contributed by atoms with van der Waals surface area (Å²) >= 11 is 11.0. The summed E-state index contributed by atoms with van der Waals surface area (Å²) in [6.07, 6.45) is 0. The molecule has 0 aliphatic heterocycles. The minimum absolute atomic E-state index is 0.327. The number of methoxy groups -OCH3 is 1. The van der Waals surface area contributed by atoms with Gasteiger partial charge in [-0.05, 0) is 34.1 Å². The zero-order valence-electron chi connectivity index (χ0n) is 10.8. The van der Waals surface area contributed by atoms with Gasteiger partial charge in [0.15, 0.2) is 0 Å². The monoisotopic (exact) mass is 385 g/mol. The Kier molecular flexibility index (Phi) is 3.88. The van der Waals surface area contributed by atoms with Crippen molar-refractivity contribution < 1.29 is 9.26 Å². The minimum Gasteiger partial charge on any atom is -0.496 e. The number of halogens is 2. The molecule has 0 saturated heterocycles. The Labute approximate surface area is 137 Å². The summed E-state index contributed by atoms with van der Waals surface area (Å²) in [4.78, 5) is 5.28. The third-order valence-electron chi connectivity index (χ3n) is 2.77. The van der Waals surface area contributed by atoms with Crippen molar-refractivity contribution in [1.29, 1.82) is 0 Å². The highest BCUT2D eigenvalue weighted by molar-refractivity contribution is 9.11. The Morgan fingerprint density at radius 3 is 2.86 bits per heavy atom. The fourth-order valence-corrected chi connectivity index (χ4v) is 3.25. The SMILES string of the molecule is COc1cc(N)c(Cl)cc1-c1nc(-c2ccc(Br)s2)no1. The van der Waals surface area contributed by atoms with Gasteiger partial charge in [0.25, 0.3) is 5.89 Å². The molecule has 2 aromatic heterocycles. The second kappa shape index (κ2) is 5.67. The Hall–Kier alpha value is -1.57. The van der Waals surface area contributed by atoms with E-state index in [0.29, 0.717) is 33.7 Å². The summed E-state index contributed by atoms with van der Waals surface area (Å²) in [5.74, 6) is 1.36. The number of nitrogen functional groups attached to an aromatic ring is 1. The first-order valence-electron chi connectivity index (χ1n) is 5.81. The molecule has 0 bridgehead atoms. The summed E-state index contributed by atoms with van der Waals surface area (Å²) in [5.41, 5.74) is 6.79. The molecule has 8 heteroatoms. The van der Waals surface area contributed by atoms with Crippen LogP contribution in [0.1, 0.15) is 0 Å². The second-order valence-corrected chi connectivity index (χ2v) is 6.97. The van der Waals surface area contributed by atoms with Gasteiger partial charge >= 0.3 is 0 Å². The van der Waals surface area contributed by atoms with E-state index in [1.165, 1.54) is 11.3 Å². The van der Waals surface area contributed by atoms with Crippen molar-refractivity contribution in [3.8, 4) is 27.9 Å². The van der Waals surface area contributed by atoms with Crippen LogP contribution in [0.2, 0.25) is 5.02 Å². The van der Waals surface area contributed by atoms with E-state index in [1.807, 2.05) is 12.1 Å². The number of anilines is 1. The molecular weight excluding hydrogens is 378 g/mol. The van der Waals surface area contributed by atoms with Crippen molar-refractivity contribution >= 4 is 44.6 Å². The number of ether oxygens (including phenoxy) is 1. The maximum absolute atomic E-state index is 6.05. The first kappa shape index (κ1) is 14.4. The number of thiophene rings is 1. The normalized spacial score (nSPS) is 10.8. The quantitative estimate of drug-likeness (QED) is 0.672. The molecule has 3 rings (SSSR count). The second-order valence-electron chi connectivity index (χ2n) is 4.10. The molecule has 2 N–H and O–H groups in total. The fraction of sp³-hybridized carbons (Fsp3) is 0.0769. The number of nitrogens with two attached hydrogens (primary N) is 1. The van der Waals surface area contributed by atoms with E-state index in [4.69, 9.17) is 26.6 Å². The summed E-state index contributed by atoms with van der Waals surface area (Å²) in [6.45, 7) is 0. The Morgan fingerprint density at radius 2 is 2.19 bits per heavy atom. The Bertz CT molecular complexity index is 803. The largest absolute Gasteiger partial charge is 0.496 e. The number of hydrogen-bond acceptors (Lipinski definition) is 6. The Morgan fingerprint density at radius 1 is 1.38 bits per heavy atom. The molecule has 0 unspecified atom stereocenters. The van der Waals surface area contributed by atoms with Gasteiger partial charge in [-0.2, -0.15) is 4.98 Å². The van der Waals surface area contributed by atoms with E-state index in [1.54, 1.807) is 19.2 Å². The van der Waals surface area contributed by atoms with Crippen LogP contribution in [-0.4, -0.2) is 17.3 Å². The lowest BCUT2D eigenvalue weighted by atomic mass is 10.2. The summed E-state index contributed by atoms with van der Waals surface area (Å²) in [5, 5.41) is 4.38. The molecule has 0 aliphatic rings. The van der Waals surface area contributed by atoms with Gasteiger partial charge in [-0.25, -0.2) is 0 Å². The molecular formula is C13H9BrClN3O2S. The van der Waals surface area contributed by atoms with Crippen LogP contribution < -0.4 is 10.5 Å². The van der Waals surface area contributed by atoms with E-state index in [9.17, 15) is 0 Å². The standard InChI is InChI=1S/C13H9BrClN3O2S/c1-19-9-5-8(16)7(15)4-6(9)13-17-12(18-20-13)10-2-3-11(14)21-10/h2-5H,16H2,1H3. The molecule has 0 fully saturated rings. The molecule has 1 aromatic carbocycles. The lowest BCUT2D eigenvalue weighted by Crippen LogP contribution is -1.93. The smallest absolute Gasteiger partial charge is 0.262 e. The van der Waals surface area contributed by atoms with Crippen LogP contribution in [0.4, 0.5) is 5.69 Å². The van der Waals surface area contributed by atoms with Gasteiger partial charge in [0, 0.05) is 6.07 Å². The molecule has 0 spiro atoms. The highest BCUT2D eigenvalue weighted by atomic mass is 79.9. The van der Waals surface area contributed by atoms with Crippen molar-refractivity contribution in [2.45, 2.75) is 0 Å². The van der Waals surface area contributed by atoms with Gasteiger partial charge in [-0.1, -0.05) is 16.8 Å². The molecule has 0 radical (unpaired) electrons. The molecule has 3 aromatic rings. The molecule has 0 amide bonds. The number of aromatic nitrogens is 2. The maximum Gasteiger partial charge on any atom is 0.262 e. The Balaban J connectivity index is 2.06. The molecule has 0 atom stereocenters. The van der Waals surface area contributed by atoms with Gasteiger partial charge in [-0.15, -0.1) is 11.3 Å². The van der Waals surface area contributed by atoms with E-state index in [-0.39, 0.29) is 0 Å². The average Bonchev–Trinajstić information content (AvgIpc) is 3.10. The third kappa shape index (κ3) is 2.76. The van der Waals surface area contributed by atoms with Crippen LogP contribution in [0.15, 0.2) is 32.6 Å². The molecule has 0 saturated carbocycles. The number of nitrogens with zero attached hydrogens (tertiary/aromatic N) is 2. The summed E-state index contributed by atoms with van der Waals surface area (Å²) in [6, 6.07) is 7.12. The first-order chi connectivity index (χ1) is 10.1. The predicted octanol–water partition coefficient (Wildman–Crippen LogP) is 4.47. The van der Waals surface area contributed by atoms with Crippen molar-refractivity contribution in [2.75, 3.05) is 12.8 Å². The van der Waals surface area contributed by atoms with Gasteiger partial charge in [0.1, 0.15) is 5.75 Å². The fourth-order valence-electron chi connectivity index (χ4n) is 1.77. The zero-order chi connectivity index (χ0) is 15.0. The lowest BCUT2D eigenvalue weighted by Gasteiger charge is -2.07. The van der Waals surface area contributed by atoms with E-state index in [0.717, 1.165) is 8.66 Å². The van der Waals surface area contributed by atoms with E-state index in [2.05, 4.69) is 26.1 Å².